The molecule has 0 unspecified atom stereocenters. The van der Waals surface area contributed by atoms with Gasteiger partial charge in [-0.1, -0.05) is 90.1 Å². The number of hydrogen-bond donors (Lipinski definition) is 0. The Bertz CT molecular complexity index is 2090. The quantitative estimate of drug-likeness (QED) is 0.213. The van der Waals surface area contributed by atoms with Gasteiger partial charge < -0.3 is 9.13 Å². The largest absolute Gasteiger partial charge is 0.309 e. The number of nitrogens with zero attached hydrogens (tertiary/aromatic N) is 3. The summed E-state index contributed by atoms with van der Waals surface area (Å²) in [7, 11) is 0. The number of aromatic nitrogens is 2. The van der Waals surface area contributed by atoms with E-state index >= 15 is 0 Å². The van der Waals surface area contributed by atoms with Gasteiger partial charge in [0.1, 0.15) is 0 Å². The number of hydrogen-bond acceptors (Lipinski definition) is 1. The third-order valence-electron chi connectivity index (χ3n) is 8.63. The Labute approximate surface area is 247 Å². The first kappa shape index (κ1) is 26.1. The highest BCUT2D eigenvalue weighted by atomic mass is 15.0. The lowest BCUT2D eigenvalue weighted by atomic mass is 9.85. The van der Waals surface area contributed by atoms with Gasteiger partial charge in [-0.15, -0.1) is 0 Å². The molecule has 3 nitrogen and oxygen atoms in total. The Morgan fingerprint density at radius 1 is 0.476 bits per heavy atom. The Kier molecular flexibility index (Phi) is 5.66. The molecule has 2 heterocycles. The van der Waals surface area contributed by atoms with Crippen LogP contribution in [-0.4, -0.2) is 9.13 Å². The van der Waals surface area contributed by atoms with Crippen LogP contribution in [0.4, 0.5) is 0 Å². The molecule has 0 fully saturated rings. The van der Waals surface area contributed by atoms with Gasteiger partial charge in [0.2, 0.25) is 0 Å². The predicted molar refractivity (Wildman–Crippen MR) is 177 cm³/mol. The summed E-state index contributed by atoms with van der Waals surface area (Å²) in [6, 6.07) is 39.5. The van der Waals surface area contributed by atoms with E-state index in [0.717, 1.165) is 33.4 Å². The summed E-state index contributed by atoms with van der Waals surface area (Å²) in [4.78, 5) is 0. The highest BCUT2D eigenvalue weighted by molar-refractivity contribution is 6.11. The van der Waals surface area contributed by atoms with Crippen LogP contribution in [0, 0.1) is 11.3 Å². The molecule has 7 aromatic rings. The van der Waals surface area contributed by atoms with Crippen molar-refractivity contribution in [3.8, 4) is 17.4 Å². The monoisotopic (exact) mass is 545 g/mol. The minimum Gasteiger partial charge on any atom is -0.309 e. The molecule has 0 spiro atoms. The Balaban J connectivity index is 1.57. The zero-order valence-electron chi connectivity index (χ0n) is 25.2. The van der Waals surface area contributed by atoms with Crippen LogP contribution in [0.3, 0.4) is 0 Å². The minimum atomic E-state index is 0.0364. The van der Waals surface area contributed by atoms with Gasteiger partial charge in [-0.3, -0.25) is 0 Å². The van der Waals surface area contributed by atoms with Crippen molar-refractivity contribution in [2.45, 2.75) is 52.4 Å². The summed E-state index contributed by atoms with van der Waals surface area (Å²) in [5.74, 6) is 0. The van der Waals surface area contributed by atoms with Crippen molar-refractivity contribution in [3.63, 3.8) is 0 Å². The van der Waals surface area contributed by atoms with Gasteiger partial charge in [0.25, 0.3) is 0 Å². The van der Waals surface area contributed by atoms with E-state index < -0.39 is 0 Å². The number of rotatable bonds is 2. The standard InChI is InChI=1S/C39H35N3/c1-38(2,3)26-15-17-36-32(21-26)33-22-27(39(4,5)6)16-18-37(33)42(36)29-20-25(24-40)19-28(23-29)41-34-13-9-7-11-30(34)31-12-8-10-14-35(31)41/h7-23H,1-6H3. The lowest BCUT2D eigenvalue weighted by Gasteiger charge is -2.19. The molecule has 0 bridgehead atoms. The molecular formula is C39H35N3. The van der Waals surface area contributed by atoms with E-state index in [1.54, 1.807) is 0 Å². The zero-order valence-corrected chi connectivity index (χ0v) is 25.2. The van der Waals surface area contributed by atoms with Crippen LogP contribution in [-0.2, 0) is 10.8 Å². The highest BCUT2D eigenvalue weighted by Crippen LogP contribution is 2.39. The molecule has 0 aliphatic rings. The van der Waals surface area contributed by atoms with Crippen LogP contribution in [0.1, 0.15) is 58.2 Å². The molecule has 0 radical (unpaired) electrons. The molecule has 206 valence electrons. The van der Waals surface area contributed by atoms with E-state index in [1.807, 2.05) is 12.1 Å². The first-order valence-electron chi connectivity index (χ1n) is 14.7. The Hall–Kier alpha value is -4.81. The molecule has 2 aromatic heterocycles. The average Bonchev–Trinajstić information content (AvgIpc) is 3.48. The van der Waals surface area contributed by atoms with Gasteiger partial charge in [0.05, 0.1) is 33.7 Å². The third kappa shape index (κ3) is 4.02. The van der Waals surface area contributed by atoms with Gasteiger partial charge in [-0.05, 0) is 76.6 Å². The highest BCUT2D eigenvalue weighted by Gasteiger charge is 2.22. The summed E-state index contributed by atoms with van der Waals surface area (Å²) in [6.07, 6.45) is 0. The SMILES string of the molecule is CC(C)(C)c1ccc2c(c1)c1cc(C(C)(C)C)ccc1n2-c1cc(C#N)cc(-n2c3ccccc3c3ccccc32)c1. The normalized spacial score (nSPS) is 12.5. The fourth-order valence-corrected chi connectivity index (χ4v) is 6.35. The molecule has 0 saturated carbocycles. The lowest BCUT2D eigenvalue weighted by Crippen LogP contribution is -2.10. The number of para-hydroxylation sites is 2. The molecule has 7 rings (SSSR count). The van der Waals surface area contributed by atoms with Crippen LogP contribution in [0.5, 0.6) is 0 Å². The molecule has 0 saturated heterocycles. The first-order valence-corrected chi connectivity index (χ1v) is 14.7. The zero-order chi connectivity index (χ0) is 29.4. The van der Waals surface area contributed by atoms with Crippen LogP contribution in [0.2, 0.25) is 0 Å². The van der Waals surface area contributed by atoms with Gasteiger partial charge in [0.15, 0.2) is 0 Å². The van der Waals surface area contributed by atoms with Gasteiger partial charge >= 0.3 is 0 Å². The molecule has 0 aliphatic heterocycles. The van der Waals surface area contributed by atoms with Crippen LogP contribution in [0.25, 0.3) is 55.0 Å². The second kappa shape index (κ2) is 9.10. The predicted octanol–water partition coefficient (Wildman–Crippen LogP) is 10.3. The Morgan fingerprint density at radius 3 is 1.29 bits per heavy atom. The van der Waals surface area contributed by atoms with Crippen molar-refractivity contribution >= 4 is 43.6 Å². The molecule has 0 N–H and O–H groups in total. The second-order valence-corrected chi connectivity index (χ2v) is 13.5. The second-order valence-electron chi connectivity index (χ2n) is 13.5. The molecule has 5 aromatic carbocycles. The van der Waals surface area contributed by atoms with Crippen LogP contribution >= 0.6 is 0 Å². The fourth-order valence-electron chi connectivity index (χ4n) is 6.35. The van der Waals surface area contributed by atoms with Gasteiger partial charge in [-0.25, -0.2) is 0 Å². The Morgan fingerprint density at radius 2 is 0.881 bits per heavy atom. The van der Waals surface area contributed by atoms with Crippen molar-refractivity contribution in [1.29, 1.82) is 5.26 Å². The van der Waals surface area contributed by atoms with Crippen LogP contribution in [0.15, 0.2) is 103 Å². The van der Waals surface area contributed by atoms with E-state index in [0.29, 0.717) is 5.56 Å². The summed E-state index contributed by atoms with van der Waals surface area (Å²) in [6.45, 7) is 13.6. The van der Waals surface area contributed by atoms with Crippen molar-refractivity contribution in [2.75, 3.05) is 0 Å². The van der Waals surface area contributed by atoms with Gasteiger partial charge in [0, 0.05) is 32.9 Å². The van der Waals surface area contributed by atoms with E-state index in [4.69, 9.17) is 0 Å². The maximum atomic E-state index is 10.2. The molecular weight excluding hydrogens is 510 g/mol. The number of fused-ring (bicyclic) bond motifs is 6. The third-order valence-corrected chi connectivity index (χ3v) is 8.63. The average molecular weight is 546 g/mol. The first-order chi connectivity index (χ1) is 20.0. The molecule has 3 heteroatoms. The van der Waals surface area contributed by atoms with E-state index in [1.165, 1.54) is 32.7 Å². The molecule has 42 heavy (non-hydrogen) atoms. The van der Waals surface area contributed by atoms with Crippen molar-refractivity contribution in [1.82, 2.24) is 9.13 Å². The molecule has 0 amide bonds. The summed E-state index contributed by atoms with van der Waals surface area (Å²) >= 11 is 0. The summed E-state index contributed by atoms with van der Waals surface area (Å²) in [5, 5.41) is 15.1. The molecule has 0 atom stereocenters. The molecule has 0 aliphatic carbocycles. The fraction of sp³-hybridized carbons (Fsp3) is 0.205. The van der Waals surface area contributed by atoms with Crippen molar-refractivity contribution in [3.05, 3.63) is 120 Å². The topological polar surface area (TPSA) is 33.6 Å². The maximum Gasteiger partial charge on any atom is 0.0993 e. The summed E-state index contributed by atoms with van der Waals surface area (Å²) in [5.41, 5.74) is 9.85. The summed E-state index contributed by atoms with van der Waals surface area (Å²) < 4.78 is 4.63. The number of nitriles is 1. The minimum absolute atomic E-state index is 0.0364. The van der Waals surface area contributed by atoms with Crippen LogP contribution < -0.4 is 0 Å². The number of benzene rings is 5. The smallest absolute Gasteiger partial charge is 0.0993 e. The van der Waals surface area contributed by atoms with E-state index in [9.17, 15) is 5.26 Å². The van der Waals surface area contributed by atoms with E-state index in [-0.39, 0.29) is 10.8 Å². The van der Waals surface area contributed by atoms with Gasteiger partial charge in [-0.2, -0.15) is 5.26 Å². The van der Waals surface area contributed by atoms with Crippen molar-refractivity contribution in [2.24, 2.45) is 0 Å². The van der Waals surface area contributed by atoms with Crippen molar-refractivity contribution < 1.29 is 0 Å². The maximum absolute atomic E-state index is 10.2. The lowest BCUT2D eigenvalue weighted by molar-refractivity contribution is 0.590. The van der Waals surface area contributed by atoms with E-state index in [2.05, 4.69) is 148 Å².